The molecule has 0 saturated carbocycles. The van der Waals surface area contributed by atoms with Gasteiger partial charge in [-0.25, -0.2) is 9.59 Å². The molecule has 1 heterocycles. The number of benzene rings is 1. The largest absolute Gasteiger partial charge is 0.481 e. The lowest BCUT2D eigenvalue weighted by Crippen LogP contribution is -2.56. The zero-order chi connectivity index (χ0) is 31.8. The third-order valence-corrected chi connectivity index (χ3v) is 7.39. The maximum absolute atomic E-state index is 13.5. The van der Waals surface area contributed by atoms with Crippen molar-refractivity contribution in [3.8, 4) is 0 Å². The number of imide groups is 1. The SMILES string of the molecule is CC(=O)SCC(C)CCCCN(C(=O)OCc1ccccc1)[C@H](C(=O)NC(=O)C(=C=O)N=O)C(CC1=COCO1)C(=O)O. The first-order valence-corrected chi connectivity index (χ1v) is 14.3. The summed E-state index contributed by atoms with van der Waals surface area (Å²) in [6.45, 7) is 2.90. The quantitative estimate of drug-likeness (QED) is 0.112. The van der Waals surface area contributed by atoms with Crippen molar-refractivity contribution >= 4 is 46.7 Å². The number of carbonyl (C=O) groups excluding carboxylic acids is 5. The van der Waals surface area contributed by atoms with E-state index in [2.05, 4.69) is 5.18 Å². The minimum atomic E-state index is -1.86. The van der Waals surface area contributed by atoms with Gasteiger partial charge in [0.05, 0.1) is 5.92 Å². The average molecular weight is 620 g/mol. The molecular weight excluding hydrogens is 586 g/mol. The van der Waals surface area contributed by atoms with Crippen molar-refractivity contribution in [2.24, 2.45) is 17.0 Å². The number of allylic oxidation sites excluding steroid dienone is 1. The lowest BCUT2D eigenvalue weighted by atomic mass is 9.92. The number of thioether (sulfide) groups is 1. The number of nitroso groups, excluding NO2 is 1. The Kier molecular flexibility index (Phi) is 14.6. The fraction of sp³-hybridized carbons (Fsp3) is 0.464. The molecule has 0 radical (unpaired) electrons. The Balaban J connectivity index is 2.39. The molecule has 0 aliphatic carbocycles. The number of unbranched alkanes of at least 4 members (excludes halogenated alkanes) is 1. The van der Waals surface area contributed by atoms with Crippen molar-refractivity contribution in [3.05, 3.63) is 58.5 Å². The fourth-order valence-corrected chi connectivity index (χ4v) is 4.77. The standard InChI is InChI=1S/C28H33N3O11S/c1-18(16-43-19(2)33)8-6-7-11-31(28(38)41-14-20-9-4-3-5-10-20)24(26(35)29-25(34)23(13-32)30-39)22(27(36)37)12-21-15-40-17-42-21/h3-5,9-10,15,18,22,24H,6-8,11-12,14,16-17H2,1-2H3,(H,36,37)(H,29,34,35)/t18?,22?,24-/m0/s1. The maximum atomic E-state index is 13.5. The third-order valence-electron chi connectivity index (χ3n) is 6.25. The van der Waals surface area contributed by atoms with E-state index in [1.807, 2.05) is 6.92 Å². The molecule has 3 atom stereocenters. The molecule has 0 saturated heterocycles. The molecule has 2 N–H and O–H groups in total. The van der Waals surface area contributed by atoms with Crippen molar-refractivity contribution in [1.29, 1.82) is 0 Å². The summed E-state index contributed by atoms with van der Waals surface area (Å²) in [6.07, 6.45) is 1.23. The van der Waals surface area contributed by atoms with E-state index in [1.54, 1.807) is 35.6 Å². The van der Waals surface area contributed by atoms with Crippen LogP contribution in [0.15, 0.2) is 53.2 Å². The second kappa shape index (κ2) is 18.1. The Morgan fingerprint density at radius 2 is 1.91 bits per heavy atom. The van der Waals surface area contributed by atoms with Gasteiger partial charge in [0.1, 0.15) is 24.7 Å². The van der Waals surface area contributed by atoms with Crippen LogP contribution in [-0.2, 0) is 44.8 Å². The van der Waals surface area contributed by atoms with Gasteiger partial charge in [0.15, 0.2) is 11.1 Å². The van der Waals surface area contributed by atoms with Gasteiger partial charge in [-0.3, -0.25) is 29.4 Å². The van der Waals surface area contributed by atoms with Crippen molar-refractivity contribution in [1.82, 2.24) is 10.2 Å². The molecule has 0 fully saturated rings. The Morgan fingerprint density at radius 3 is 2.49 bits per heavy atom. The first-order chi connectivity index (χ1) is 20.6. The molecule has 43 heavy (non-hydrogen) atoms. The van der Waals surface area contributed by atoms with Gasteiger partial charge in [0, 0.05) is 25.6 Å². The maximum Gasteiger partial charge on any atom is 0.410 e. The molecule has 1 aliphatic heterocycles. The van der Waals surface area contributed by atoms with Crippen LogP contribution in [0, 0.1) is 16.7 Å². The van der Waals surface area contributed by atoms with Crippen LogP contribution >= 0.6 is 11.8 Å². The summed E-state index contributed by atoms with van der Waals surface area (Å²) in [7, 11) is 0. The predicted molar refractivity (Wildman–Crippen MR) is 152 cm³/mol. The Labute approximate surface area is 251 Å². The second-order valence-corrected chi connectivity index (χ2v) is 10.8. The molecule has 1 aliphatic rings. The van der Waals surface area contributed by atoms with E-state index in [4.69, 9.17) is 14.2 Å². The van der Waals surface area contributed by atoms with Crippen LogP contribution in [-0.4, -0.2) is 70.1 Å². The van der Waals surface area contributed by atoms with Gasteiger partial charge in [0.2, 0.25) is 6.79 Å². The van der Waals surface area contributed by atoms with Crippen molar-refractivity contribution in [2.75, 3.05) is 19.1 Å². The second-order valence-electron chi connectivity index (χ2n) is 9.60. The summed E-state index contributed by atoms with van der Waals surface area (Å²) in [5.74, 6) is -4.17. The number of rotatable bonds is 17. The summed E-state index contributed by atoms with van der Waals surface area (Å²) >= 11 is 1.20. The molecule has 14 nitrogen and oxygen atoms in total. The Hall–Kier alpha value is -4.49. The van der Waals surface area contributed by atoms with Crippen LogP contribution in [0.1, 0.15) is 45.1 Å². The lowest BCUT2D eigenvalue weighted by Gasteiger charge is -2.33. The first-order valence-electron chi connectivity index (χ1n) is 13.3. The Bertz CT molecular complexity index is 1250. The van der Waals surface area contributed by atoms with Crippen molar-refractivity contribution < 1.29 is 48.1 Å². The van der Waals surface area contributed by atoms with E-state index in [1.165, 1.54) is 18.7 Å². The molecule has 3 amide bonds. The highest BCUT2D eigenvalue weighted by molar-refractivity contribution is 8.13. The van der Waals surface area contributed by atoms with Crippen LogP contribution in [0.5, 0.6) is 0 Å². The zero-order valence-electron chi connectivity index (χ0n) is 23.7. The first kappa shape index (κ1) is 34.7. The lowest BCUT2D eigenvalue weighted by molar-refractivity contribution is -0.149. The highest BCUT2D eigenvalue weighted by Crippen LogP contribution is 2.26. The number of amides is 3. The summed E-state index contributed by atoms with van der Waals surface area (Å²) in [5, 5.41) is 14.1. The van der Waals surface area contributed by atoms with Crippen LogP contribution < -0.4 is 5.32 Å². The number of carboxylic acid groups (broad SMARTS) is 1. The van der Waals surface area contributed by atoms with E-state index in [9.17, 15) is 38.8 Å². The van der Waals surface area contributed by atoms with Gasteiger partial charge in [-0.2, -0.15) is 0 Å². The summed E-state index contributed by atoms with van der Waals surface area (Å²) in [4.78, 5) is 85.6. The number of hydrogen-bond acceptors (Lipinski definition) is 12. The van der Waals surface area contributed by atoms with Crippen molar-refractivity contribution in [2.45, 2.75) is 52.2 Å². The van der Waals surface area contributed by atoms with E-state index < -0.39 is 48.0 Å². The minimum Gasteiger partial charge on any atom is -0.481 e. The Morgan fingerprint density at radius 1 is 1.19 bits per heavy atom. The van der Waals surface area contributed by atoms with E-state index in [0.29, 0.717) is 30.6 Å². The van der Waals surface area contributed by atoms with Gasteiger partial charge in [-0.05, 0) is 29.5 Å². The number of aliphatic carboxylic acids is 1. The smallest absolute Gasteiger partial charge is 0.410 e. The van der Waals surface area contributed by atoms with E-state index in [0.717, 1.165) is 17.1 Å². The normalized spacial score (nSPS) is 14.0. The number of carboxylic acids is 1. The van der Waals surface area contributed by atoms with Crippen molar-refractivity contribution in [3.63, 3.8) is 0 Å². The molecule has 2 rings (SSSR count). The van der Waals surface area contributed by atoms with Crippen LogP contribution in [0.4, 0.5) is 4.79 Å². The molecule has 0 spiro atoms. The highest BCUT2D eigenvalue weighted by Gasteiger charge is 2.43. The van der Waals surface area contributed by atoms with E-state index in [-0.39, 0.29) is 36.7 Å². The third kappa shape index (κ3) is 11.7. The van der Waals surface area contributed by atoms with Crippen LogP contribution in [0.2, 0.25) is 0 Å². The molecule has 0 bridgehead atoms. The number of hydrogen-bond donors (Lipinski definition) is 2. The van der Waals surface area contributed by atoms with Crippen LogP contribution in [0.25, 0.3) is 0 Å². The molecule has 232 valence electrons. The summed E-state index contributed by atoms with van der Waals surface area (Å²) in [6, 6.07) is 6.76. The predicted octanol–water partition coefficient (Wildman–Crippen LogP) is 3.14. The zero-order valence-corrected chi connectivity index (χ0v) is 24.5. The number of ether oxygens (including phenoxy) is 3. The molecule has 2 unspecified atom stereocenters. The highest BCUT2D eigenvalue weighted by atomic mass is 32.2. The summed E-state index contributed by atoms with van der Waals surface area (Å²) in [5.41, 5.74) is -0.650. The van der Waals surface area contributed by atoms with Gasteiger partial charge >= 0.3 is 12.1 Å². The van der Waals surface area contributed by atoms with Crippen LogP contribution in [0.3, 0.4) is 0 Å². The molecule has 15 heteroatoms. The van der Waals surface area contributed by atoms with Gasteiger partial charge in [0.25, 0.3) is 17.5 Å². The number of nitrogens with zero attached hydrogens (tertiary/aromatic N) is 2. The molecular formula is C28H33N3O11S. The molecule has 1 aromatic rings. The van der Waals surface area contributed by atoms with Gasteiger partial charge < -0.3 is 19.3 Å². The molecule has 0 aromatic heterocycles. The van der Waals surface area contributed by atoms with Gasteiger partial charge in [-0.15, -0.1) is 4.91 Å². The average Bonchev–Trinajstić information content (AvgIpc) is 3.50. The summed E-state index contributed by atoms with van der Waals surface area (Å²) < 4.78 is 15.7. The van der Waals surface area contributed by atoms with E-state index >= 15 is 0 Å². The number of nitrogens with one attached hydrogen (secondary N) is 1. The topological polar surface area (TPSA) is 195 Å². The minimum absolute atomic E-state index is 0.00795. The monoisotopic (exact) mass is 619 g/mol. The molecule has 1 aromatic carbocycles. The fourth-order valence-electron chi connectivity index (χ4n) is 4.09. The van der Waals surface area contributed by atoms with Gasteiger partial charge in [-0.1, -0.05) is 55.4 Å². The number of carbonyl (C=O) groups is 5.